The number of nitrogens with zero attached hydrogens (tertiary/aromatic N) is 1. The largest absolute Gasteiger partial charge is 0.477 e. The summed E-state index contributed by atoms with van der Waals surface area (Å²) in [5, 5.41) is 8.34. The lowest BCUT2D eigenvalue weighted by molar-refractivity contribution is -0.132. The minimum absolute atomic E-state index is 0.0452. The van der Waals surface area contributed by atoms with Crippen LogP contribution in [0.4, 0.5) is 0 Å². The van der Waals surface area contributed by atoms with Crippen molar-refractivity contribution in [3.8, 4) is 0 Å². The third-order valence-corrected chi connectivity index (χ3v) is 1.27. The van der Waals surface area contributed by atoms with E-state index < -0.39 is 5.97 Å². The molecule has 0 unspecified atom stereocenters. The van der Waals surface area contributed by atoms with Crippen molar-refractivity contribution < 1.29 is 9.90 Å². The van der Waals surface area contributed by atoms with Crippen molar-refractivity contribution in [3.05, 3.63) is 10.7 Å². The fourth-order valence-electron chi connectivity index (χ4n) is 0.386. The molecule has 0 aliphatic rings. The van der Waals surface area contributed by atoms with Crippen molar-refractivity contribution >= 4 is 23.8 Å². The quantitative estimate of drug-likeness (QED) is 0.514. The predicted octanol–water partition coefficient (Wildman–Crippen LogP) is 0.959. The van der Waals surface area contributed by atoms with Crippen LogP contribution in [-0.4, -0.2) is 23.3 Å². The Morgan fingerprint density at radius 2 is 2.17 bits per heavy atom. The van der Waals surface area contributed by atoms with E-state index in [1.54, 1.807) is 0 Å². The molecule has 12 heavy (non-hydrogen) atoms. The maximum Gasteiger partial charge on any atom is 0.353 e. The van der Waals surface area contributed by atoms with Crippen LogP contribution >= 0.6 is 11.6 Å². The van der Waals surface area contributed by atoms with Crippen molar-refractivity contribution in [3.63, 3.8) is 0 Å². The van der Waals surface area contributed by atoms with Gasteiger partial charge in [0.1, 0.15) is 5.70 Å². The molecule has 0 amide bonds. The van der Waals surface area contributed by atoms with E-state index in [0.29, 0.717) is 0 Å². The van der Waals surface area contributed by atoms with Crippen LogP contribution in [0.5, 0.6) is 0 Å². The zero-order valence-electron chi connectivity index (χ0n) is 6.91. The molecule has 0 spiro atoms. The fraction of sp³-hybridized carbons (Fsp3) is 0.429. The van der Waals surface area contributed by atoms with Crippen LogP contribution in [0.3, 0.4) is 0 Å². The van der Waals surface area contributed by atoms with Gasteiger partial charge in [0.2, 0.25) is 0 Å². The molecular weight excluding hydrogens is 180 g/mol. The normalized spacial score (nSPS) is 13.7. The van der Waals surface area contributed by atoms with E-state index in [2.05, 4.69) is 4.99 Å². The van der Waals surface area contributed by atoms with Gasteiger partial charge >= 0.3 is 5.97 Å². The van der Waals surface area contributed by atoms with Crippen LogP contribution in [0.15, 0.2) is 15.7 Å². The summed E-state index contributed by atoms with van der Waals surface area (Å²) in [5.41, 5.74) is 4.72. The number of hydrogen-bond acceptors (Lipinski definition) is 3. The van der Waals surface area contributed by atoms with Gasteiger partial charge in [0.15, 0.2) is 0 Å². The summed E-state index contributed by atoms with van der Waals surface area (Å²) in [5.74, 6) is -1.24. The van der Waals surface area contributed by atoms with E-state index in [4.69, 9.17) is 22.4 Å². The Morgan fingerprint density at radius 1 is 1.67 bits per heavy atom. The molecule has 0 aliphatic heterocycles. The number of hydrogen-bond donors (Lipinski definition) is 2. The first kappa shape index (κ1) is 11.0. The Morgan fingerprint density at radius 3 is 2.50 bits per heavy atom. The Balaban J connectivity index is 4.47. The smallest absolute Gasteiger partial charge is 0.353 e. The van der Waals surface area contributed by atoms with E-state index in [9.17, 15) is 4.79 Å². The van der Waals surface area contributed by atoms with Gasteiger partial charge in [-0.1, -0.05) is 11.6 Å². The zero-order chi connectivity index (χ0) is 9.72. The standard InChI is InChI=1S/C7H11ClN2O2/c1-4(2)10-3-5(8)6(9)7(11)12/h3-4H,9H2,1-2H3,(H,11,12). The Hall–Kier alpha value is -1.03. The maximum atomic E-state index is 10.3. The number of allylic oxidation sites excluding steroid dienone is 1. The number of carboxylic acids is 1. The molecule has 0 aliphatic carbocycles. The van der Waals surface area contributed by atoms with Gasteiger partial charge in [0, 0.05) is 12.3 Å². The zero-order valence-corrected chi connectivity index (χ0v) is 7.67. The number of aliphatic imine (C=N–C) groups is 1. The molecule has 68 valence electrons. The molecular formula is C7H11ClN2O2. The lowest BCUT2D eigenvalue weighted by Gasteiger charge is -1.96. The summed E-state index contributed by atoms with van der Waals surface area (Å²) in [6.45, 7) is 3.69. The van der Waals surface area contributed by atoms with E-state index >= 15 is 0 Å². The highest BCUT2D eigenvalue weighted by molar-refractivity contribution is 6.41. The predicted molar refractivity (Wildman–Crippen MR) is 48.3 cm³/mol. The molecule has 0 aromatic heterocycles. The number of nitrogens with two attached hydrogens (primary N) is 1. The lowest BCUT2D eigenvalue weighted by Crippen LogP contribution is -2.12. The summed E-state index contributed by atoms with van der Waals surface area (Å²) in [6, 6.07) is 0.0698. The highest BCUT2D eigenvalue weighted by Gasteiger charge is 2.05. The Labute approximate surface area is 75.7 Å². The highest BCUT2D eigenvalue weighted by atomic mass is 35.5. The van der Waals surface area contributed by atoms with Gasteiger partial charge in [-0.15, -0.1) is 0 Å². The molecule has 4 nitrogen and oxygen atoms in total. The van der Waals surface area contributed by atoms with E-state index in [0.717, 1.165) is 0 Å². The second-order valence-electron chi connectivity index (χ2n) is 2.44. The number of aliphatic carboxylic acids is 1. The van der Waals surface area contributed by atoms with Crippen LogP contribution < -0.4 is 5.73 Å². The molecule has 0 saturated carbocycles. The fourth-order valence-corrected chi connectivity index (χ4v) is 0.523. The number of rotatable bonds is 3. The Kier molecular flexibility index (Phi) is 4.36. The van der Waals surface area contributed by atoms with Crippen LogP contribution in [0, 0.1) is 0 Å². The maximum absolute atomic E-state index is 10.3. The Bertz CT molecular complexity index is 234. The monoisotopic (exact) mass is 190 g/mol. The van der Waals surface area contributed by atoms with Crippen LogP contribution in [-0.2, 0) is 4.79 Å². The summed E-state index contributed by atoms with van der Waals surface area (Å²) in [6.07, 6.45) is 1.25. The second kappa shape index (κ2) is 4.77. The first-order valence-electron chi connectivity index (χ1n) is 3.37. The third-order valence-electron chi connectivity index (χ3n) is 0.974. The van der Waals surface area contributed by atoms with Crippen LogP contribution in [0.2, 0.25) is 0 Å². The molecule has 0 bridgehead atoms. The van der Waals surface area contributed by atoms with Crippen LogP contribution in [0.25, 0.3) is 0 Å². The summed E-state index contributed by atoms with van der Waals surface area (Å²) in [4.78, 5) is 14.1. The lowest BCUT2D eigenvalue weighted by atomic mass is 10.4. The number of carbonyl (C=O) groups is 1. The van der Waals surface area contributed by atoms with Gasteiger partial charge in [-0.05, 0) is 13.8 Å². The topological polar surface area (TPSA) is 75.7 Å². The number of halogens is 1. The van der Waals surface area contributed by atoms with Crippen molar-refractivity contribution in [1.82, 2.24) is 0 Å². The molecule has 0 radical (unpaired) electrons. The van der Waals surface area contributed by atoms with E-state index in [1.807, 2.05) is 13.8 Å². The molecule has 0 aromatic rings. The van der Waals surface area contributed by atoms with Crippen LogP contribution in [0.1, 0.15) is 13.8 Å². The third kappa shape index (κ3) is 3.98. The average molecular weight is 191 g/mol. The molecule has 5 heteroatoms. The average Bonchev–Trinajstić information content (AvgIpc) is 1.98. The van der Waals surface area contributed by atoms with E-state index in [-0.39, 0.29) is 16.8 Å². The molecule has 0 heterocycles. The molecule has 3 N–H and O–H groups in total. The van der Waals surface area contributed by atoms with Gasteiger partial charge in [-0.25, -0.2) is 4.79 Å². The molecule has 0 aromatic carbocycles. The molecule has 0 rings (SSSR count). The first-order valence-corrected chi connectivity index (χ1v) is 3.74. The first-order chi connectivity index (χ1) is 5.45. The van der Waals surface area contributed by atoms with Crippen molar-refractivity contribution in [2.24, 2.45) is 10.7 Å². The van der Waals surface area contributed by atoms with Crippen molar-refractivity contribution in [2.45, 2.75) is 19.9 Å². The van der Waals surface area contributed by atoms with Crippen molar-refractivity contribution in [1.29, 1.82) is 0 Å². The molecule has 0 atom stereocenters. The SMILES string of the molecule is CC(C)N=CC(Cl)=C(N)C(=O)O. The molecule has 0 fully saturated rings. The van der Waals surface area contributed by atoms with Gasteiger partial charge in [-0.2, -0.15) is 0 Å². The van der Waals surface area contributed by atoms with Gasteiger partial charge in [0.25, 0.3) is 0 Å². The van der Waals surface area contributed by atoms with Crippen molar-refractivity contribution in [2.75, 3.05) is 0 Å². The second-order valence-corrected chi connectivity index (χ2v) is 2.85. The summed E-state index contributed by atoms with van der Waals surface area (Å²) in [7, 11) is 0. The highest BCUT2D eigenvalue weighted by Crippen LogP contribution is 2.02. The number of carboxylic acid groups (broad SMARTS) is 1. The van der Waals surface area contributed by atoms with Gasteiger partial charge < -0.3 is 10.8 Å². The van der Waals surface area contributed by atoms with Gasteiger partial charge in [-0.3, -0.25) is 4.99 Å². The van der Waals surface area contributed by atoms with Gasteiger partial charge in [0.05, 0.1) is 5.03 Å². The molecule has 0 saturated heterocycles. The minimum atomic E-state index is -1.24. The minimum Gasteiger partial charge on any atom is -0.477 e. The summed E-state index contributed by atoms with van der Waals surface area (Å²) >= 11 is 5.49. The van der Waals surface area contributed by atoms with E-state index in [1.165, 1.54) is 6.21 Å². The summed E-state index contributed by atoms with van der Waals surface area (Å²) < 4.78 is 0.